The maximum Gasteiger partial charge on any atom is 0.401 e. The van der Waals surface area contributed by atoms with Gasteiger partial charge in [0.15, 0.2) is 5.96 Å². The van der Waals surface area contributed by atoms with Gasteiger partial charge in [-0.2, -0.15) is 13.2 Å². The largest absolute Gasteiger partial charge is 0.401 e. The van der Waals surface area contributed by atoms with Gasteiger partial charge in [-0.05, 0) is 18.2 Å². The van der Waals surface area contributed by atoms with Crippen molar-refractivity contribution >= 4 is 5.96 Å². The average molecular weight is 401 g/mol. The summed E-state index contributed by atoms with van der Waals surface area (Å²) in [5.41, 5.74) is 2.42. The van der Waals surface area contributed by atoms with Gasteiger partial charge in [0.1, 0.15) is 0 Å². The zero-order chi connectivity index (χ0) is 20.4. The number of halogens is 3. The second kappa shape index (κ2) is 11.2. The Bertz CT molecular complexity index is 618. The maximum absolute atomic E-state index is 12.4. The second-order valence-electron chi connectivity index (χ2n) is 6.86. The van der Waals surface area contributed by atoms with Crippen molar-refractivity contribution in [2.45, 2.75) is 19.3 Å². The van der Waals surface area contributed by atoms with E-state index in [9.17, 15) is 13.2 Å². The first-order valence-corrected chi connectivity index (χ1v) is 9.44. The smallest absolute Gasteiger partial charge is 0.379 e. The molecule has 2 rings (SSSR count). The summed E-state index contributed by atoms with van der Waals surface area (Å²) >= 11 is 0. The molecule has 0 radical (unpaired) electrons. The van der Waals surface area contributed by atoms with E-state index in [0.717, 1.165) is 32.8 Å². The summed E-state index contributed by atoms with van der Waals surface area (Å²) in [6.07, 6.45) is -4.18. The monoisotopic (exact) mass is 401 g/mol. The van der Waals surface area contributed by atoms with Crippen LogP contribution in [-0.4, -0.2) is 82.0 Å². The van der Waals surface area contributed by atoms with Gasteiger partial charge in [0.2, 0.25) is 0 Å². The molecule has 0 bridgehead atoms. The Morgan fingerprint density at radius 2 is 1.86 bits per heavy atom. The lowest BCUT2D eigenvalue weighted by Gasteiger charge is -2.27. The summed E-state index contributed by atoms with van der Waals surface area (Å²) in [6, 6.07) is 8.23. The quantitative estimate of drug-likeness (QED) is 0.513. The number of aliphatic imine (C=N–C) groups is 1. The van der Waals surface area contributed by atoms with Gasteiger partial charge in [-0.25, -0.2) is 0 Å². The molecule has 28 heavy (non-hydrogen) atoms. The van der Waals surface area contributed by atoms with Gasteiger partial charge >= 0.3 is 6.18 Å². The Morgan fingerprint density at radius 1 is 1.18 bits per heavy atom. The number of ether oxygens (including phenoxy) is 1. The van der Waals surface area contributed by atoms with Gasteiger partial charge in [0, 0.05) is 46.3 Å². The molecule has 1 aliphatic rings. The molecule has 6 nitrogen and oxygen atoms in total. The molecule has 0 aliphatic carbocycles. The summed E-state index contributed by atoms with van der Waals surface area (Å²) in [4.78, 5) is 7.75. The fourth-order valence-corrected chi connectivity index (χ4v) is 3.03. The first-order chi connectivity index (χ1) is 13.4. The van der Waals surface area contributed by atoms with Gasteiger partial charge in [-0.3, -0.25) is 14.8 Å². The number of benzene rings is 1. The van der Waals surface area contributed by atoms with Crippen molar-refractivity contribution < 1.29 is 17.9 Å². The summed E-state index contributed by atoms with van der Waals surface area (Å²) in [6.45, 7) is 4.57. The van der Waals surface area contributed by atoms with E-state index in [1.165, 1.54) is 23.1 Å². The normalized spacial score (nSPS) is 16.4. The van der Waals surface area contributed by atoms with Gasteiger partial charge in [0.05, 0.1) is 19.8 Å². The van der Waals surface area contributed by atoms with Crippen molar-refractivity contribution in [3.05, 3.63) is 35.4 Å². The number of rotatable bonds is 8. The van der Waals surface area contributed by atoms with Gasteiger partial charge in [-0.15, -0.1) is 0 Å². The summed E-state index contributed by atoms with van der Waals surface area (Å²) < 4.78 is 42.5. The van der Waals surface area contributed by atoms with Crippen molar-refractivity contribution in [3.8, 4) is 0 Å². The highest BCUT2D eigenvalue weighted by atomic mass is 19.4. The van der Waals surface area contributed by atoms with Crippen molar-refractivity contribution in [1.29, 1.82) is 0 Å². The highest BCUT2D eigenvalue weighted by Gasteiger charge is 2.28. The minimum atomic E-state index is -4.18. The van der Waals surface area contributed by atoms with E-state index in [1.807, 2.05) is 12.1 Å². The highest BCUT2D eigenvalue weighted by Crippen LogP contribution is 2.15. The minimum Gasteiger partial charge on any atom is -0.379 e. The van der Waals surface area contributed by atoms with Gasteiger partial charge in [-0.1, -0.05) is 24.3 Å². The first-order valence-electron chi connectivity index (χ1n) is 9.44. The lowest BCUT2D eigenvalue weighted by Crippen LogP contribution is -2.42. The molecule has 0 unspecified atom stereocenters. The summed E-state index contributed by atoms with van der Waals surface area (Å²) in [5.74, 6) is 0.571. The molecule has 0 saturated carbocycles. The number of morpholine rings is 1. The molecule has 9 heteroatoms. The van der Waals surface area contributed by atoms with Crippen molar-refractivity contribution in [3.63, 3.8) is 0 Å². The van der Waals surface area contributed by atoms with E-state index < -0.39 is 12.7 Å². The Balaban J connectivity index is 1.79. The van der Waals surface area contributed by atoms with Crippen molar-refractivity contribution in [1.82, 2.24) is 20.4 Å². The molecule has 1 aromatic carbocycles. The molecule has 0 atom stereocenters. The Kier molecular flexibility index (Phi) is 9.01. The molecular weight excluding hydrogens is 371 g/mol. The highest BCUT2D eigenvalue weighted by molar-refractivity contribution is 5.79. The van der Waals surface area contributed by atoms with E-state index in [1.54, 1.807) is 7.05 Å². The van der Waals surface area contributed by atoms with Crippen LogP contribution in [0.2, 0.25) is 0 Å². The zero-order valence-corrected chi connectivity index (χ0v) is 16.6. The SMILES string of the molecule is CN=C(NCCN(C)CC(F)(F)F)NCc1ccccc1CN1CCOCC1. The van der Waals surface area contributed by atoms with Crippen LogP contribution in [0, 0.1) is 0 Å². The fraction of sp³-hybridized carbons (Fsp3) is 0.632. The third kappa shape index (κ3) is 8.45. The third-order valence-electron chi connectivity index (χ3n) is 4.52. The van der Waals surface area contributed by atoms with E-state index in [0.29, 0.717) is 19.0 Å². The fourth-order valence-electron chi connectivity index (χ4n) is 3.03. The van der Waals surface area contributed by atoms with Crippen LogP contribution in [0.5, 0.6) is 0 Å². The van der Waals surface area contributed by atoms with Crippen LogP contribution in [0.25, 0.3) is 0 Å². The molecule has 1 heterocycles. The van der Waals surface area contributed by atoms with Crippen LogP contribution >= 0.6 is 0 Å². The van der Waals surface area contributed by atoms with E-state index >= 15 is 0 Å². The number of alkyl halides is 3. The number of nitrogens with one attached hydrogen (secondary N) is 2. The molecule has 1 aliphatic heterocycles. The number of likely N-dealkylation sites (N-methyl/N-ethyl adjacent to an activating group) is 1. The van der Waals surface area contributed by atoms with Gasteiger partial charge in [0.25, 0.3) is 0 Å². The molecule has 1 aromatic rings. The van der Waals surface area contributed by atoms with Crippen LogP contribution in [0.4, 0.5) is 13.2 Å². The molecule has 0 amide bonds. The Morgan fingerprint density at radius 3 is 2.50 bits per heavy atom. The number of guanidine groups is 1. The standard InChI is InChI=1S/C19H30F3N5O/c1-23-18(24-7-8-26(2)15-19(20,21)22)25-13-16-5-3-4-6-17(16)14-27-9-11-28-12-10-27/h3-6H,7-15H2,1-2H3,(H2,23,24,25). The number of hydrogen-bond donors (Lipinski definition) is 2. The number of hydrogen-bond acceptors (Lipinski definition) is 4. The van der Waals surface area contributed by atoms with Crippen LogP contribution < -0.4 is 10.6 Å². The predicted molar refractivity (Wildman–Crippen MR) is 104 cm³/mol. The van der Waals surface area contributed by atoms with Crippen molar-refractivity contribution in [2.24, 2.45) is 4.99 Å². The van der Waals surface area contributed by atoms with Crippen LogP contribution in [0.3, 0.4) is 0 Å². The lowest BCUT2D eigenvalue weighted by molar-refractivity contribution is -0.142. The molecule has 0 aromatic heterocycles. The predicted octanol–water partition coefficient (Wildman–Crippen LogP) is 1.68. The topological polar surface area (TPSA) is 52.1 Å². The maximum atomic E-state index is 12.4. The van der Waals surface area contributed by atoms with Crippen molar-refractivity contribution in [2.75, 3.05) is 60.0 Å². The molecule has 1 saturated heterocycles. The van der Waals surface area contributed by atoms with E-state index in [-0.39, 0.29) is 6.54 Å². The van der Waals surface area contributed by atoms with E-state index in [2.05, 4.69) is 32.7 Å². The van der Waals surface area contributed by atoms with Gasteiger partial charge < -0.3 is 15.4 Å². The second-order valence-corrected chi connectivity index (χ2v) is 6.86. The summed E-state index contributed by atoms with van der Waals surface area (Å²) in [7, 11) is 3.10. The first kappa shape index (κ1) is 22.4. The Hall–Kier alpha value is -1.84. The molecule has 2 N–H and O–H groups in total. The molecule has 0 spiro atoms. The molecular formula is C19H30F3N5O. The zero-order valence-electron chi connectivity index (χ0n) is 16.6. The molecule has 1 fully saturated rings. The van der Waals surface area contributed by atoms with E-state index in [4.69, 9.17) is 4.74 Å². The third-order valence-corrected chi connectivity index (χ3v) is 4.52. The lowest BCUT2D eigenvalue weighted by atomic mass is 10.1. The van der Waals surface area contributed by atoms with Crippen LogP contribution in [0.15, 0.2) is 29.3 Å². The average Bonchev–Trinajstić information content (AvgIpc) is 2.65. The molecule has 158 valence electrons. The van der Waals surface area contributed by atoms with Crippen LogP contribution in [-0.2, 0) is 17.8 Å². The summed E-state index contributed by atoms with van der Waals surface area (Å²) in [5, 5.41) is 6.30. The number of nitrogens with zero attached hydrogens (tertiary/aromatic N) is 3. The van der Waals surface area contributed by atoms with Crippen LogP contribution in [0.1, 0.15) is 11.1 Å². The minimum absolute atomic E-state index is 0.272. The Labute approximate surface area is 164 Å².